The first kappa shape index (κ1) is 16.5. The number of hydrogen-bond donors (Lipinski definition) is 1. The Balaban J connectivity index is 1.36. The molecule has 1 N–H and O–H groups in total. The first-order valence-electron chi connectivity index (χ1n) is 8.80. The topological polar surface area (TPSA) is 91.4 Å². The summed E-state index contributed by atoms with van der Waals surface area (Å²) in [7, 11) is 0. The number of aromatic nitrogens is 1. The van der Waals surface area contributed by atoms with Gasteiger partial charge in [0, 0.05) is 31.5 Å². The van der Waals surface area contributed by atoms with Crippen LogP contribution in [0.3, 0.4) is 0 Å². The van der Waals surface area contributed by atoms with E-state index < -0.39 is 0 Å². The lowest BCUT2D eigenvalue weighted by molar-refractivity contribution is -0.126. The van der Waals surface area contributed by atoms with Gasteiger partial charge in [-0.05, 0) is 18.9 Å². The lowest BCUT2D eigenvalue weighted by Crippen LogP contribution is -2.42. The molecule has 0 saturated carbocycles. The van der Waals surface area contributed by atoms with E-state index in [2.05, 4.69) is 16.4 Å². The van der Waals surface area contributed by atoms with Crippen LogP contribution in [0.1, 0.15) is 36.0 Å². The highest BCUT2D eigenvalue weighted by molar-refractivity contribution is 5.79. The number of anilines is 1. The molecule has 2 aliphatic rings. The molecule has 1 atom stereocenters. The van der Waals surface area contributed by atoms with Gasteiger partial charge in [0.15, 0.2) is 5.89 Å². The van der Waals surface area contributed by atoms with Crippen molar-refractivity contribution >= 4 is 11.8 Å². The molecule has 1 amide bonds. The molecule has 134 valence electrons. The summed E-state index contributed by atoms with van der Waals surface area (Å²) in [5.74, 6) is 1.86. The van der Waals surface area contributed by atoms with Crippen molar-refractivity contribution in [3.05, 3.63) is 41.4 Å². The molecular weight excluding hydrogens is 332 g/mol. The van der Waals surface area contributed by atoms with E-state index >= 15 is 0 Å². The Morgan fingerprint density at radius 2 is 2.12 bits per heavy atom. The second-order valence-electron chi connectivity index (χ2n) is 6.67. The molecule has 0 bridgehead atoms. The third-order valence-electron chi connectivity index (χ3n) is 4.99. The number of rotatable bonds is 3. The molecule has 0 radical (unpaired) electrons. The number of piperidine rings is 1. The van der Waals surface area contributed by atoms with Crippen molar-refractivity contribution in [3.8, 4) is 11.8 Å². The molecule has 1 saturated heterocycles. The van der Waals surface area contributed by atoms with Crippen LogP contribution in [0.2, 0.25) is 0 Å². The zero-order valence-electron chi connectivity index (χ0n) is 14.6. The van der Waals surface area contributed by atoms with Crippen LogP contribution < -0.4 is 15.0 Å². The second kappa shape index (κ2) is 6.71. The molecule has 1 fully saturated rings. The number of para-hydroxylation sites is 1. The van der Waals surface area contributed by atoms with Crippen molar-refractivity contribution in [1.82, 2.24) is 10.3 Å². The van der Waals surface area contributed by atoms with Crippen LogP contribution in [-0.4, -0.2) is 30.6 Å². The Hall–Kier alpha value is -3.01. The van der Waals surface area contributed by atoms with Crippen LogP contribution >= 0.6 is 0 Å². The molecule has 2 aromatic rings. The third kappa shape index (κ3) is 2.99. The first-order valence-corrected chi connectivity index (χ1v) is 8.80. The molecule has 1 aromatic carbocycles. The van der Waals surface area contributed by atoms with Crippen LogP contribution in [0.15, 0.2) is 28.7 Å². The highest BCUT2D eigenvalue weighted by Crippen LogP contribution is 2.32. The number of amides is 1. The maximum absolute atomic E-state index is 12.7. The summed E-state index contributed by atoms with van der Waals surface area (Å²) in [5, 5.41) is 12.3. The van der Waals surface area contributed by atoms with Gasteiger partial charge in [0.05, 0.1) is 6.04 Å². The van der Waals surface area contributed by atoms with E-state index in [0.29, 0.717) is 50.0 Å². The molecule has 3 heterocycles. The molecule has 1 unspecified atom stereocenters. The predicted octanol–water partition coefficient (Wildman–Crippen LogP) is 2.32. The quantitative estimate of drug-likeness (QED) is 0.911. The van der Waals surface area contributed by atoms with Gasteiger partial charge in [-0.1, -0.05) is 18.2 Å². The van der Waals surface area contributed by atoms with Gasteiger partial charge in [-0.15, -0.1) is 0 Å². The normalized spacial score (nSPS) is 19.5. The molecular formula is C19H20N4O3. The zero-order chi connectivity index (χ0) is 18.1. The summed E-state index contributed by atoms with van der Waals surface area (Å²) in [6, 6.07) is 9.78. The van der Waals surface area contributed by atoms with Gasteiger partial charge in [0.1, 0.15) is 18.4 Å². The lowest BCUT2D eigenvalue weighted by atomic mass is 9.95. The molecule has 0 aliphatic carbocycles. The fourth-order valence-corrected chi connectivity index (χ4v) is 3.62. The van der Waals surface area contributed by atoms with Gasteiger partial charge in [0.25, 0.3) is 0 Å². The number of oxazole rings is 1. The minimum Gasteiger partial charge on any atom is -0.491 e. The van der Waals surface area contributed by atoms with E-state index in [4.69, 9.17) is 14.4 Å². The number of carbonyl (C=O) groups excluding carboxylic acids is 1. The molecule has 7 heteroatoms. The summed E-state index contributed by atoms with van der Waals surface area (Å²) in [4.78, 5) is 18.7. The molecule has 4 rings (SSSR count). The number of hydrogen-bond acceptors (Lipinski definition) is 6. The Kier molecular flexibility index (Phi) is 4.25. The van der Waals surface area contributed by atoms with Crippen LogP contribution in [0.25, 0.3) is 0 Å². The van der Waals surface area contributed by atoms with Crippen LogP contribution in [0.5, 0.6) is 5.75 Å². The molecule has 0 spiro atoms. The number of nitrogens with zero attached hydrogens (tertiary/aromatic N) is 3. The highest BCUT2D eigenvalue weighted by atomic mass is 16.5. The number of carbonyl (C=O) groups is 1. The lowest BCUT2D eigenvalue weighted by Gasteiger charge is -2.31. The van der Waals surface area contributed by atoms with Crippen molar-refractivity contribution in [1.29, 1.82) is 5.26 Å². The summed E-state index contributed by atoms with van der Waals surface area (Å²) in [6.07, 6.45) is 1.43. The first-order chi connectivity index (χ1) is 12.7. The Morgan fingerprint density at radius 3 is 2.88 bits per heavy atom. The van der Waals surface area contributed by atoms with E-state index in [1.165, 1.54) is 0 Å². The minimum atomic E-state index is -0.0844. The van der Waals surface area contributed by atoms with Gasteiger partial charge < -0.3 is 19.4 Å². The van der Waals surface area contributed by atoms with E-state index in [1.807, 2.05) is 29.2 Å². The fraction of sp³-hybridized carbons (Fsp3) is 0.421. The van der Waals surface area contributed by atoms with Crippen molar-refractivity contribution in [2.24, 2.45) is 5.92 Å². The summed E-state index contributed by atoms with van der Waals surface area (Å²) in [5.41, 5.74) is 1.35. The number of ether oxygens (including phenoxy) is 1. The average molecular weight is 352 g/mol. The maximum atomic E-state index is 12.7. The Labute approximate surface area is 151 Å². The monoisotopic (exact) mass is 352 g/mol. The van der Waals surface area contributed by atoms with Gasteiger partial charge in [-0.3, -0.25) is 4.79 Å². The van der Waals surface area contributed by atoms with E-state index in [9.17, 15) is 4.79 Å². The number of nitriles is 1. The second-order valence-corrected chi connectivity index (χ2v) is 6.67. The van der Waals surface area contributed by atoms with Gasteiger partial charge in [-0.25, -0.2) is 4.98 Å². The van der Waals surface area contributed by atoms with Crippen molar-refractivity contribution in [3.63, 3.8) is 0 Å². The molecule has 7 nitrogen and oxygen atoms in total. The van der Waals surface area contributed by atoms with Crippen LogP contribution in [0, 0.1) is 24.2 Å². The summed E-state index contributed by atoms with van der Waals surface area (Å²) < 4.78 is 11.2. The summed E-state index contributed by atoms with van der Waals surface area (Å²) in [6.45, 7) is 3.54. The zero-order valence-corrected chi connectivity index (χ0v) is 14.6. The van der Waals surface area contributed by atoms with Crippen molar-refractivity contribution < 1.29 is 13.9 Å². The molecule has 26 heavy (non-hydrogen) atoms. The van der Waals surface area contributed by atoms with Gasteiger partial charge >= 0.3 is 0 Å². The minimum absolute atomic E-state index is 0.0476. The number of nitrogens with one attached hydrogen (secondary N) is 1. The van der Waals surface area contributed by atoms with Crippen LogP contribution in [0.4, 0.5) is 5.88 Å². The van der Waals surface area contributed by atoms with Crippen molar-refractivity contribution in [2.45, 2.75) is 25.8 Å². The predicted molar refractivity (Wildman–Crippen MR) is 93.7 cm³/mol. The molecule has 2 aliphatic heterocycles. The number of aryl methyl sites for hydroxylation is 1. The fourth-order valence-electron chi connectivity index (χ4n) is 3.62. The SMILES string of the molecule is Cc1nc(C#N)c(N2CCC(C(=O)NC3COc4ccccc43)CC2)o1. The molecule has 1 aromatic heterocycles. The largest absolute Gasteiger partial charge is 0.491 e. The number of benzene rings is 1. The van der Waals surface area contributed by atoms with Crippen LogP contribution in [-0.2, 0) is 4.79 Å². The van der Waals surface area contributed by atoms with E-state index in [0.717, 1.165) is 11.3 Å². The van der Waals surface area contributed by atoms with E-state index in [1.54, 1.807) is 6.92 Å². The highest BCUT2D eigenvalue weighted by Gasteiger charge is 2.31. The Bertz CT molecular complexity index is 862. The maximum Gasteiger partial charge on any atom is 0.234 e. The van der Waals surface area contributed by atoms with Gasteiger partial charge in [0.2, 0.25) is 17.5 Å². The number of fused-ring (bicyclic) bond motifs is 1. The smallest absolute Gasteiger partial charge is 0.234 e. The van der Waals surface area contributed by atoms with Crippen molar-refractivity contribution in [2.75, 3.05) is 24.6 Å². The van der Waals surface area contributed by atoms with E-state index in [-0.39, 0.29) is 17.9 Å². The average Bonchev–Trinajstić information content (AvgIpc) is 3.25. The summed E-state index contributed by atoms with van der Waals surface area (Å²) >= 11 is 0. The Morgan fingerprint density at radius 1 is 1.35 bits per heavy atom. The third-order valence-corrected chi connectivity index (χ3v) is 4.99. The van der Waals surface area contributed by atoms with Gasteiger partial charge in [-0.2, -0.15) is 5.26 Å². The standard InChI is InChI=1S/C19H20N4O3/c1-12-21-15(10-20)19(26-12)23-8-6-13(7-9-23)18(24)22-16-11-25-17-5-3-2-4-14(16)17/h2-5,13,16H,6-9,11H2,1H3,(H,22,24).